The fourth-order valence-electron chi connectivity index (χ4n) is 3.12. The first-order valence-electron chi connectivity index (χ1n) is 9.09. The number of benzene rings is 2. The molecule has 8 nitrogen and oxygen atoms in total. The Morgan fingerprint density at radius 1 is 1.03 bits per heavy atom. The Balaban J connectivity index is 1.62. The molecule has 0 radical (unpaired) electrons. The van der Waals surface area contributed by atoms with E-state index in [1.165, 1.54) is 35.2 Å². The summed E-state index contributed by atoms with van der Waals surface area (Å²) in [7, 11) is -0.453. The van der Waals surface area contributed by atoms with Crippen molar-refractivity contribution in [1.82, 2.24) is 9.47 Å². The Labute approximate surface area is 172 Å². The Hall–Kier alpha value is -3.59. The molecule has 0 spiro atoms. The highest BCUT2D eigenvalue weighted by Gasteiger charge is 2.16. The number of nitrogens with zero attached hydrogens (tertiary/aromatic N) is 2. The van der Waals surface area contributed by atoms with Gasteiger partial charge in [-0.3, -0.25) is 9.52 Å². The van der Waals surface area contributed by atoms with Gasteiger partial charge in [-0.15, -0.1) is 0 Å². The molecule has 0 fully saturated rings. The number of hydrogen-bond donors (Lipinski definition) is 1. The summed E-state index contributed by atoms with van der Waals surface area (Å²) >= 11 is 0. The lowest BCUT2D eigenvalue weighted by Crippen LogP contribution is -2.25. The highest BCUT2D eigenvalue weighted by Crippen LogP contribution is 2.24. The molecule has 0 aliphatic carbocycles. The molecule has 0 unspecified atom stereocenters. The van der Waals surface area contributed by atoms with Gasteiger partial charge < -0.3 is 13.9 Å². The van der Waals surface area contributed by atoms with Gasteiger partial charge in [0.1, 0.15) is 12.1 Å². The van der Waals surface area contributed by atoms with Crippen LogP contribution in [-0.4, -0.2) is 37.9 Å². The largest absolute Gasteiger partial charge is 0.423 e. The van der Waals surface area contributed by atoms with Crippen LogP contribution in [0.4, 0.5) is 5.69 Å². The number of carbonyl (C=O) groups excluding carboxylic acids is 1. The molecule has 0 saturated heterocycles. The van der Waals surface area contributed by atoms with E-state index in [-0.39, 0.29) is 17.3 Å². The van der Waals surface area contributed by atoms with Crippen LogP contribution in [0.25, 0.3) is 21.9 Å². The normalized spacial score (nSPS) is 11.7. The molecule has 1 N–H and O–H groups in total. The quantitative estimate of drug-likeness (QED) is 0.495. The van der Waals surface area contributed by atoms with Crippen molar-refractivity contribution in [1.29, 1.82) is 0 Å². The zero-order valence-electron chi connectivity index (χ0n) is 16.3. The zero-order valence-corrected chi connectivity index (χ0v) is 17.1. The van der Waals surface area contributed by atoms with Gasteiger partial charge in [-0.1, -0.05) is 0 Å². The van der Waals surface area contributed by atoms with Crippen LogP contribution < -0.4 is 10.3 Å². The average Bonchev–Trinajstić information content (AvgIpc) is 3.09. The molecule has 4 aromatic rings. The van der Waals surface area contributed by atoms with Crippen molar-refractivity contribution in [2.75, 3.05) is 18.8 Å². The Morgan fingerprint density at radius 2 is 1.83 bits per heavy atom. The third-order valence-corrected chi connectivity index (χ3v) is 6.11. The van der Waals surface area contributed by atoms with Crippen molar-refractivity contribution in [3.8, 4) is 0 Å². The number of fused-ring (bicyclic) bond motifs is 2. The van der Waals surface area contributed by atoms with Crippen LogP contribution in [0.3, 0.4) is 0 Å². The Bertz CT molecular complexity index is 1430. The smallest absolute Gasteiger partial charge is 0.336 e. The lowest BCUT2D eigenvalue weighted by Gasteiger charge is -2.12. The van der Waals surface area contributed by atoms with E-state index < -0.39 is 15.6 Å². The molecule has 0 bridgehead atoms. The number of amides is 1. The highest BCUT2D eigenvalue weighted by atomic mass is 32.2. The lowest BCUT2D eigenvalue weighted by molar-refractivity contribution is -0.129. The predicted octanol–water partition coefficient (Wildman–Crippen LogP) is 2.64. The van der Waals surface area contributed by atoms with E-state index in [4.69, 9.17) is 4.42 Å². The molecule has 0 aliphatic heterocycles. The number of carbonyl (C=O) groups is 1. The number of rotatable bonds is 5. The summed E-state index contributed by atoms with van der Waals surface area (Å²) in [5, 5.41) is 1.32. The summed E-state index contributed by atoms with van der Waals surface area (Å²) in [4.78, 5) is 24.8. The second kappa shape index (κ2) is 7.34. The van der Waals surface area contributed by atoms with Gasteiger partial charge in [0.25, 0.3) is 10.0 Å². The van der Waals surface area contributed by atoms with E-state index in [2.05, 4.69) is 4.72 Å². The average molecular weight is 425 g/mol. The van der Waals surface area contributed by atoms with Gasteiger partial charge in [-0.05, 0) is 48.5 Å². The topological polar surface area (TPSA) is 102 Å². The lowest BCUT2D eigenvalue weighted by atomic mass is 10.2. The molecule has 0 aliphatic rings. The summed E-state index contributed by atoms with van der Waals surface area (Å²) in [5.74, 6) is -0.0376. The maximum Gasteiger partial charge on any atom is 0.336 e. The van der Waals surface area contributed by atoms with Gasteiger partial charge in [-0.25, -0.2) is 13.2 Å². The second-order valence-electron chi connectivity index (χ2n) is 7.06. The molecule has 2 heterocycles. The minimum atomic E-state index is -3.84. The number of likely N-dealkylation sites (N-methyl/N-ethyl adjacent to an activating group) is 1. The molecular formula is C21H19N3O5S. The van der Waals surface area contributed by atoms with Crippen LogP contribution in [0.2, 0.25) is 0 Å². The van der Waals surface area contributed by atoms with Crippen LogP contribution in [0.1, 0.15) is 0 Å². The van der Waals surface area contributed by atoms with Crippen molar-refractivity contribution in [3.63, 3.8) is 0 Å². The highest BCUT2D eigenvalue weighted by molar-refractivity contribution is 7.92. The van der Waals surface area contributed by atoms with Crippen molar-refractivity contribution >= 4 is 43.5 Å². The fraction of sp³-hybridized carbons (Fsp3) is 0.143. The van der Waals surface area contributed by atoms with Crippen LogP contribution >= 0.6 is 0 Å². The monoisotopic (exact) mass is 425 g/mol. The van der Waals surface area contributed by atoms with Gasteiger partial charge in [-0.2, -0.15) is 0 Å². The summed E-state index contributed by atoms with van der Waals surface area (Å²) in [6.07, 6.45) is 1.79. The van der Waals surface area contributed by atoms with Crippen molar-refractivity contribution in [2.45, 2.75) is 11.4 Å². The molecule has 2 aromatic heterocycles. The van der Waals surface area contributed by atoms with E-state index in [1.807, 2.05) is 10.6 Å². The fourth-order valence-corrected chi connectivity index (χ4v) is 4.20. The first-order chi connectivity index (χ1) is 14.2. The first kappa shape index (κ1) is 19.7. The predicted molar refractivity (Wildman–Crippen MR) is 114 cm³/mol. The summed E-state index contributed by atoms with van der Waals surface area (Å²) < 4.78 is 35.0. The Morgan fingerprint density at radius 3 is 2.60 bits per heavy atom. The molecule has 9 heteroatoms. The van der Waals surface area contributed by atoms with Gasteiger partial charge in [0, 0.05) is 48.3 Å². The number of hydrogen-bond acceptors (Lipinski definition) is 5. The number of sulfonamides is 1. The molecule has 0 atom stereocenters. The third kappa shape index (κ3) is 3.79. The van der Waals surface area contributed by atoms with Gasteiger partial charge >= 0.3 is 5.63 Å². The van der Waals surface area contributed by atoms with Crippen molar-refractivity contribution in [3.05, 3.63) is 71.2 Å². The van der Waals surface area contributed by atoms with E-state index in [0.29, 0.717) is 16.7 Å². The van der Waals surface area contributed by atoms with Crippen LogP contribution in [0.5, 0.6) is 0 Å². The van der Waals surface area contributed by atoms with E-state index >= 15 is 0 Å². The minimum absolute atomic E-state index is 0.0376. The second-order valence-corrected chi connectivity index (χ2v) is 8.75. The van der Waals surface area contributed by atoms with E-state index in [1.54, 1.807) is 38.5 Å². The summed E-state index contributed by atoms with van der Waals surface area (Å²) in [6, 6.07) is 14.0. The Kier molecular flexibility index (Phi) is 4.83. The molecule has 1 amide bonds. The van der Waals surface area contributed by atoms with Gasteiger partial charge in [0.05, 0.1) is 4.90 Å². The number of aromatic nitrogens is 1. The van der Waals surface area contributed by atoms with Gasteiger partial charge in [0.15, 0.2) is 0 Å². The maximum atomic E-state index is 12.8. The van der Waals surface area contributed by atoms with Crippen molar-refractivity contribution in [2.24, 2.45) is 0 Å². The molecule has 30 heavy (non-hydrogen) atoms. The standard InChI is InChI=1S/C21H19N3O5S/c1-23(2)20(25)13-24-10-9-14-11-16(4-6-18(14)24)22-30(27,28)17-5-7-19-15(12-17)3-8-21(26)29-19/h3-12,22H,13H2,1-2H3. The van der Waals surface area contributed by atoms with Crippen LogP contribution in [-0.2, 0) is 21.4 Å². The SMILES string of the molecule is CN(C)C(=O)Cn1ccc2cc(NS(=O)(=O)c3ccc4oc(=O)ccc4c3)ccc21. The van der Waals surface area contributed by atoms with E-state index in [9.17, 15) is 18.0 Å². The van der Waals surface area contributed by atoms with Crippen molar-refractivity contribution < 1.29 is 17.6 Å². The molecule has 4 rings (SSSR count). The van der Waals surface area contributed by atoms with Crippen LogP contribution in [0.15, 0.2) is 74.9 Å². The summed E-state index contributed by atoms with van der Waals surface area (Å²) in [5.41, 5.74) is 1.05. The van der Waals surface area contributed by atoms with E-state index in [0.717, 1.165) is 10.9 Å². The van der Waals surface area contributed by atoms with Crippen LogP contribution in [0, 0.1) is 0 Å². The third-order valence-electron chi connectivity index (χ3n) is 4.73. The number of anilines is 1. The zero-order chi connectivity index (χ0) is 21.5. The maximum absolute atomic E-state index is 12.8. The molecule has 154 valence electrons. The summed E-state index contributed by atoms with van der Waals surface area (Å²) in [6.45, 7) is 0.203. The molecular weight excluding hydrogens is 406 g/mol. The molecule has 2 aromatic carbocycles. The molecule has 0 saturated carbocycles. The first-order valence-corrected chi connectivity index (χ1v) is 10.6. The minimum Gasteiger partial charge on any atom is -0.423 e. The number of nitrogens with one attached hydrogen (secondary N) is 1. The van der Waals surface area contributed by atoms with Gasteiger partial charge in [0.2, 0.25) is 5.91 Å².